The summed E-state index contributed by atoms with van der Waals surface area (Å²) in [6, 6.07) is 5.68. The average Bonchev–Trinajstić information content (AvgIpc) is 2.74. The Morgan fingerprint density at radius 3 is 2.60 bits per heavy atom. The highest BCUT2D eigenvalue weighted by atomic mass is 16.5. The average molecular weight is 422 g/mol. The van der Waals surface area contributed by atoms with Crippen molar-refractivity contribution in [1.29, 1.82) is 0 Å². The standard InChI is InChI=1S/C22H34N2O4.CH5N/c1-6-10-22(27)17(4)24(7-2)12-11-21(22,14-20(26)23-15-25)19-13-18(28-5)9-8-16(19)3;1-2/h8-9,13,15,17,27H,6-7,10-12,14H2,1-5H3,(H,23,25,26);2H2,1H3. The van der Waals surface area contributed by atoms with Gasteiger partial charge in [-0.25, -0.2) is 0 Å². The first kappa shape index (κ1) is 26.1. The number of ether oxygens (including phenoxy) is 1. The van der Waals surface area contributed by atoms with E-state index in [1.807, 2.05) is 39.0 Å². The lowest BCUT2D eigenvalue weighted by atomic mass is 9.56. The number of amides is 2. The largest absolute Gasteiger partial charge is 0.497 e. The molecule has 0 aliphatic carbocycles. The number of hydrogen-bond donors (Lipinski definition) is 3. The fourth-order valence-electron chi connectivity index (χ4n) is 5.05. The smallest absolute Gasteiger partial charge is 0.227 e. The lowest BCUT2D eigenvalue weighted by molar-refractivity contribution is -0.151. The summed E-state index contributed by atoms with van der Waals surface area (Å²) in [6.07, 6.45) is 2.45. The number of imide groups is 1. The van der Waals surface area contributed by atoms with Gasteiger partial charge in [0.15, 0.2) is 0 Å². The van der Waals surface area contributed by atoms with Crippen molar-refractivity contribution < 1.29 is 19.4 Å². The van der Waals surface area contributed by atoms with Crippen molar-refractivity contribution in [3.05, 3.63) is 29.3 Å². The van der Waals surface area contributed by atoms with E-state index in [1.165, 1.54) is 7.05 Å². The number of methoxy groups -OCH3 is 1. The zero-order valence-electron chi connectivity index (χ0n) is 19.3. The van der Waals surface area contributed by atoms with E-state index in [9.17, 15) is 14.7 Å². The maximum atomic E-state index is 12.6. The number of benzene rings is 1. The number of aliphatic hydroxyl groups is 1. The highest BCUT2D eigenvalue weighted by molar-refractivity contribution is 5.87. The quantitative estimate of drug-likeness (QED) is 0.556. The van der Waals surface area contributed by atoms with Crippen molar-refractivity contribution in [3.8, 4) is 5.75 Å². The third-order valence-electron chi connectivity index (χ3n) is 6.57. The van der Waals surface area contributed by atoms with Crippen LogP contribution in [0.4, 0.5) is 0 Å². The second-order valence-electron chi connectivity index (χ2n) is 7.85. The molecule has 0 aromatic heterocycles. The first-order valence-electron chi connectivity index (χ1n) is 10.7. The summed E-state index contributed by atoms with van der Waals surface area (Å²) < 4.78 is 5.45. The molecule has 1 heterocycles. The van der Waals surface area contributed by atoms with Gasteiger partial charge in [0.2, 0.25) is 12.3 Å². The normalized spacial score (nSPS) is 26.3. The van der Waals surface area contributed by atoms with Gasteiger partial charge in [-0.05, 0) is 70.1 Å². The summed E-state index contributed by atoms with van der Waals surface area (Å²) in [5.41, 5.74) is 4.51. The zero-order chi connectivity index (χ0) is 22.9. The molecule has 1 fully saturated rings. The molecular weight excluding hydrogens is 382 g/mol. The topological polar surface area (TPSA) is 105 Å². The van der Waals surface area contributed by atoms with E-state index in [1.54, 1.807) is 7.11 Å². The van der Waals surface area contributed by atoms with Gasteiger partial charge in [0.25, 0.3) is 0 Å². The van der Waals surface area contributed by atoms with Crippen LogP contribution in [0.25, 0.3) is 0 Å². The van der Waals surface area contributed by atoms with Crippen LogP contribution in [0.1, 0.15) is 57.6 Å². The molecule has 30 heavy (non-hydrogen) atoms. The van der Waals surface area contributed by atoms with Crippen molar-refractivity contribution in [2.24, 2.45) is 5.73 Å². The summed E-state index contributed by atoms with van der Waals surface area (Å²) in [7, 11) is 3.11. The van der Waals surface area contributed by atoms with E-state index < -0.39 is 11.0 Å². The van der Waals surface area contributed by atoms with Gasteiger partial charge in [-0.2, -0.15) is 0 Å². The number of likely N-dealkylation sites (N-methyl/N-ethyl adjacent to an activating group) is 1. The molecule has 170 valence electrons. The Morgan fingerprint density at radius 1 is 1.40 bits per heavy atom. The molecule has 0 spiro atoms. The third-order valence-corrected chi connectivity index (χ3v) is 6.57. The molecule has 2 rings (SSSR count). The van der Waals surface area contributed by atoms with E-state index in [0.717, 1.165) is 30.6 Å². The Morgan fingerprint density at radius 2 is 2.07 bits per heavy atom. The first-order chi connectivity index (χ1) is 14.3. The molecule has 1 aliphatic heterocycles. The van der Waals surface area contributed by atoms with Crippen molar-refractivity contribution in [2.75, 3.05) is 27.2 Å². The van der Waals surface area contributed by atoms with Crippen molar-refractivity contribution in [2.45, 2.75) is 70.4 Å². The van der Waals surface area contributed by atoms with Crippen LogP contribution in [0, 0.1) is 6.92 Å². The van der Waals surface area contributed by atoms with Gasteiger partial charge >= 0.3 is 0 Å². The SMILES string of the molecule is CCCC1(O)C(C)N(CC)CCC1(CC(=O)NC=O)c1cc(OC)ccc1C.CN. The molecule has 3 unspecified atom stereocenters. The van der Waals surface area contributed by atoms with Crippen LogP contribution < -0.4 is 15.8 Å². The summed E-state index contributed by atoms with van der Waals surface area (Å²) in [5, 5.41) is 14.4. The predicted molar refractivity (Wildman–Crippen MR) is 120 cm³/mol. The molecule has 3 atom stereocenters. The molecule has 4 N–H and O–H groups in total. The van der Waals surface area contributed by atoms with Gasteiger partial charge in [0.1, 0.15) is 5.75 Å². The second kappa shape index (κ2) is 11.4. The number of likely N-dealkylation sites (tertiary alicyclic amines) is 1. The molecule has 7 heteroatoms. The highest BCUT2D eigenvalue weighted by Gasteiger charge is 2.58. The number of carbonyl (C=O) groups is 2. The number of nitrogens with one attached hydrogen (secondary N) is 1. The Bertz CT molecular complexity index is 712. The van der Waals surface area contributed by atoms with E-state index in [-0.39, 0.29) is 18.4 Å². The molecular formula is C23H39N3O4. The molecule has 7 nitrogen and oxygen atoms in total. The number of nitrogens with zero attached hydrogens (tertiary/aromatic N) is 1. The van der Waals surface area contributed by atoms with E-state index in [2.05, 4.69) is 22.9 Å². The number of carbonyl (C=O) groups excluding carboxylic acids is 2. The zero-order valence-corrected chi connectivity index (χ0v) is 19.3. The Kier molecular flexibility index (Phi) is 9.94. The molecule has 0 bridgehead atoms. The fourth-order valence-corrected chi connectivity index (χ4v) is 5.05. The van der Waals surface area contributed by atoms with Gasteiger partial charge in [0.05, 0.1) is 12.7 Å². The molecule has 0 radical (unpaired) electrons. The lowest BCUT2D eigenvalue weighted by Gasteiger charge is -2.58. The molecule has 2 amide bonds. The van der Waals surface area contributed by atoms with Gasteiger partial charge < -0.3 is 15.6 Å². The van der Waals surface area contributed by atoms with Gasteiger partial charge in [-0.3, -0.25) is 19.8 Å². The molecule has 1 aromatic rings. The number of nitrogens with two attached hydrogens (primary N) is 1. The number of aryl methyl sites for hydroxylation is 1. The highest BCUT2D eigenvalue weighted by Crippen LogP contribution is 2.51. The Hall–Kier alpha value is -1.96. The van der Waals surface area contributed by atoms with Crippen molar-refractivity contribution in [3.63, 3.8) is 0 Å². The van der Waals surface area contributed by atoms with Crippen LogP contribution >= 0.6 is 0 Å². The third kappa shape index (κ3) is 4.85. The van der Waals surface area contributed by atoms with Gasteiger partial charge in [-0.1, -0.05) is 26.3 Å². The summed E-state index contributed by atoms with van der Waals surface area (Å²) >= 11 is 0. The minimum absolute atomic E-state index is 0.0537. The molecule has 1 aliphatic rings. The lowest BCUT2D eigenvalue weighted by Crippen LogP contribution is -2.68. The molecule has 0 saturated carbocycles. The molecule has 1 aromatic carbocycles. The minimum atomic E-state index is -1.12. The summed E-state index contributed by atoms with van der Waals surface area (Å²) in [5.74, 6) is 0.323. The number of rotatable bonds is 8. The van der Waals surface area contributed by atoms with Gasteiger partial charge in [-0.15, -0.1) is 0 Å². The minimum Gasteiger partial charge on any atom is -0.497 e. The molecule has 1 saturated heterocycles. The van der Waals surface area contributed by atoms with Crippen LogP contribution in [0.5, 0.6) is 5.75 Å². The predicted octanol–water partition coefficient (Wildman–Crippen LogP) is 2.12. The summed E-state index contributed by atoms with van der Waals surface area (Å²) in [6.45, 7) is 9.78. The summed E-state index contributed by atoms with van der Waals surface area (Å²) in [4.78, 5) is 25.8. The Balaban J connectivity index is 0.00000218. The van der Waals surface area contributed by atoms with Crippen molar-refractivity contribution >= 4 is 12.3 Å². The second-order valence-corrected chi connectivity index (χ2v) is 7.85. The van der Waals surface area contributed by atoms with Crippen LogP contribution in [0.2, 0.25) is 0 Å². The number of hydrogen-bond acceptors (Lipinski definition) is 6. The monoisotopic (exact) mass is 421 g/mol. The fraction of sp³-hybridized carbons (Fsp3) is 0.652. The van der Waals surface area contributed by atoms with Crippen LogP contribution in [-0.4, -0.2) is 61.2 Å². The Labute approximate surface area is 181 Å². The van der Waals surface area contributed by atoms with E-state index in [4.69, 9.17) is 4.74 Å². The first-order valence-corrected chi connectivity index (χ1v) is 10.7. The number of piperidine rings is 1. The van der Waals surface area contributed by atoms with Crippen LogP contribution in [0.3, 0.4) is 0 Å². The van der Waals surface area contributed by atoms with Crippen LogP contribution in [0.15, 0.2) is 18.2 Å². The van der Waals surface area contributed by atoms with Crippen LogP contribution in [-0.2, 0) is 15.0 Å². The van der Waals surface area contributed by atoms with Gasteiger partial charge in [0, 0.05) is 17.9 Å². The van der Waals surface area contributed by atoms with E-state index >= 15 is 0 Å². The maximum Gasteiger partial charge on any atom is 0.227 e. The van der Waals surface area contributed by atoms with E-state index in [0.29, 0.717) is 25.0 Å². The maximum absolute atomic E-state index is 12.6. The van der Waals surface area contributed by atoms with Crippen molar-refractivity contribution in [1.82, 2.24) is 10.2 Å².